The highest BCUT2D eigenvalue weighted by molar-refractivity contribution is 7.99. The van der Waals surface area contributed by atoms with Crippen LogP contribution in [0.2, 0.25) is 0 Å². The molecule has 0 aliphatic carbocycles. The highest BCUT2D eigenvalue weighted by Crippen LogP contribution is 2.28. The first kappa shape index (κ1) is 23.8. The van der Waals surface area contributed by atoms with Crippen LogP contribution < -0.4 is 21.9 Å². The van der Waals surface area contributed by atoms with Crippen LogP contribution >= 0.6 is 11.8 Å². The lowest BCUT2D eigenvalue weighted by Gasteiger charge is -2.27. The second kappa shape index (κ2) is 10.3. The Morgan fingerprint density at radius 1 is 1.12 bits per heavy atom. The number of aromatic nitrogens is 5. The lowest BCUT2D eigenvalue weighted by atomic mass is 10.1. The molecule has 0 amide bonds. The Bertz CT molecular complexity index is 1270. The van der Waals surface area contributed by atoms with Gasteiger partial charge in [-0.3, -0.25) is 23.7 Å². The molecule has 3 heterocycles. The van der Waals surface area contributed by atoms with Gasteiger partial charge in [0.25, 0.3) is 5.56 Å². The number of para-hydroxylation sites is 1. The number of ketones is 1. The predicted molar refractivity (Wildman–Crippen MR) is 133 cm³/mol. The lowest BCUT2D eigenvalue weighted by molar-refractivity contribution is 0.102. The number of nitrogen functional groups attached to an aromatic ring is 1. The van der Waals surface area contributed by atoms with Crippen LogP contribution in [0.5, 0.6) is 0 Å². The van der Waals surface area contributed by atoms with Gasteiger partial charge < -0.3 is 10.6 Å². The van der Waals surface area contributed by atoms with E-state index in [-0.39, 0.29) is 23.1 Å². The van der Waals surface area contributed by atoms with Gasteiger partial charge in [-0.15, -0.1) is 10.2 Å². The van der Waals surface area contributed by atoms with Gasteiger partial charge in [0.2, 0.25) is 5.95 Å². The molecule has 0 radical (unpaired) electrons. The fraction of sp³-hybridized carbons (Fsp3) is 0.435. The van der Waals surface area contributed by atoms with Crippen LogP contribution in [0.15, 0.2) is 45.1 Å². The first-order valence-corrected chi connectivity index (χ1v) is 12.4. The molecule has 2 aromatic heterocycles. The number of nitrogens with two attached hydrogens (primary N) is 1. The van der Waals surface area contributed by atoms with Crippen molar-refractivity contribution in [2.75, 3.05) is 29.5 Å². The molecule has 1 aromatic carbocycles. The highest BCUT2D eigenvalue weighted by atomic mass is 32.2. The standard InChI is InChI=1S/C23H29N7O3S/c1-15(2)13-29-19(24)18(20(32)25-22(29)33)17(31)14-34-23-27-26-21(28-11-7-4-8-12-28)30(23)16-9-5-3-6-10-16/h3,5-6,9-10,15H,4,7-8,11-14,24H2,1-2H3,(H,25,32,33). The summed E-state index contributed by atoms with van der Waals surface area (Å²) in [5, 5.41) is 9.33. The third-order valence-electron chi connectivity index (χ3n) is 5.67. The van der Waals surface area contributed by atoms with E-state index in [0.717, 1.165) is 37.6 Å². The molecule has 34 heavy (non-hydrogen) atoms. The minimum atomic E-state index is -0.772. The zero-order valence-electron chi connectivity index (χ0n) is 19.4. The lowest BCUT2D eigenvalue weighted by Crippen LogP contribution is -2.37. The van der Waals surface area contributed by atoms with Crippen molar-refractivity contribution in [1.29, 1.82) is 0 Å². The van der Waals surface area contributed by atoms with Crippen molar-refractivity contribution >= 4 is 29.3 Å². The van der Waals surface area contributed by atoms with Crippen LogP contribution in [0.1, 0.15) is 43.5 Å². The van der Waals surface area contributed by atoms with Gasteiger partial charge in [-0.2, -0.15) is 0 Å². The average Bonchev–Trinajstić information content (AvgIpc) is 3.25. The van der Waals surface area contributed by atoms with Gasteiger partial charge in [-0.05, 0) is 37.3 Å². The molecule has 1 fully saturated rings. The Labute approximate surface area is 201 Å². The minimum Gasteiger partial charge on any atom is -0.384 e. The van der Waals surface area contributed by atoms with Gasteiger partial charge in [0.1, 0.15) is 11.4 Å². The summed E-state index contributed by atoms with van der Waals surface area (Å²) in [6.45, 7) is 5.95. The third-order valence-corrected chi connectivity index (χ3v) is 6.60. The van der Waals surface area contributed by atoms with E-state index in [0.29, 0.717) is 11.7 Å². The maximum absolute atomic E-state index is 13.1. The molecule has 0 atom stereocenters. The van der Waals surface area contributed by atoms with Crippen molar-refractivity contribution in [1.82, 2.24) is 24.3 Å². The SMILES string of the molecule is CC(C)Cn1c(N)c(C(=O)CSc2nnc(N3CCCCC3)n2-c2ccccc2)c(=O)[nH]c1=O. The summed E-state index contributed by atoms with van der Waals surface area (Å²) in [6, 6.07) is 9.74. The first-order chi connectivity index (χ1) is 16.4. The summed E-state index contributed by atoms with van der Waals surface area (Å²) in [4.78, 5) is 42.1. The molecule has 0 bridgehead atoms. The van der Waals surface area contributed by atoms with E-state index in [1.54, 1.807) is 0 Å². The minimum absolute atomic E-state index is 0.0713. The number of nitrogens with zero attached hydrogens (tertiary/aromatic N) is 5. The number of benzene rings is 1. The molecule has 0 saturated carbocycles. The monoisotopic (exact) mass is 483 g/mol. The summed E-state index contributed by atoms with van der Waals surface area (Å²) in [5.41, 5.74) is 5.41. The molecule has 3 N–H and O–H groups in total. The molecule has 1 saturated heterocycles. The summed E-state index contributed by atoms with van der Waals surface area (Å²) >= 11 is 1.19. The average molecular weight is 484 g/mol. The first-order valence-electron chi connectivity index (χ1n) is 11.4. The molecule has 0 unspecified atom stereocenters. The van der Waals surface area contributed by atoms with Crippen molar-refractivity contribution in [3.05, 3.63) is 56.7 Å². The van der Waals surface area contributed by atoms with Crippen LogP contribution in [-0.2, 0) is 6.54 Å². The normalized spacial score (nSPS) is 14.0. The van der Waals surface area contributed by atoms with E-state index < -0.39 is 17.0 Å². The molecule has 10 nitrogen and oxygen atoms in total. The Morgan fingerprint density at radius 2 is 1.82 bits per heavy atom. The molecular weight excluding hydrogens is 454 g/mol. The van der Waals surface area contributed by atoms with E-state index >= 15 is 0 Å². The predicted octanol–water partition coefficient (Wildman–Crippen LogP) is 2.32. The Morgan fingerprint density at radius 3 is 2.50 bits per heavy atom. The molecule has 1 aliphatic heterocycles. The largest absolute Gasteiger partial charge is 0.384 e. The molecule has 0 spiro atoms. The van der Waals surface area contributed by atoms with E-state index in [1.807, 2.05) is 48.7 Å². The number of rotatable bonds is 8. The van der Waals surface area contributed by atoms with Crippen LogP contribution in [0, 0.1) is 5.92 Å². The topological polar surface area (TPSA) is 132 Å². The van der Waals surface area contributed by atoms with E-state index in [2.05, 4.69) is 20.1 Å². The summed E-state index contributed by atoms with van der Waals surface area (Å²) in [6.07, 6.45) is 3.38. The Hall–Kier alpha value is -3.34. The van der Waals surface area contributed by atoms with Crippen LogP contribution in [0.3, 0.4) is 0 Å². The number of carbonyl (C=O) groups is 1. The zero-order valence-corrected chi connectivity index (χ0v) is 20.2. The highest BCUT2D eigenvalue weighted by Gasteiger charge is 2.24. The Kier molecular flexibility index (Phi) is 7.20. The molecular formula is C23H29N7O3S. The second-order valence-corrected chi connectivity index (χ2v) is 9.68. The van der Waals surface area contributed by atoms with Gasteiger partial charge in [0.15, 0.2) is 10.9 Å². The molecule has 4 rings (SSSR count). The zero-order chi connectivity index (χ0) is 24.2. The van der Waals surface area contributed by atoms with Crippen molar-refractivity contribution < 1.29 is 4.79 Å². The number of anilines is 2. The number of carbonyl (C=O) groups excluding carboxylic acids is 1. The van der Waals surface area contributed by atoms with Gasteiger partial charge >= 0.3 is 5.69 Å². The van der Waals surface area contributed by atoms with Crippen molar-refractivity contribution in [3.8, 4) is 5.69 Å². The van der Waals surface area contributed by atoms with Crippen molar-refractivity contribution in [2.45, 2.75) is 44.8 Å². The molecule has 3 aromatic rings. The number of H-pyrrole nitrogens is 1. The number of piperidine rings is 1. The second-order valence-electron chi connectivity index (χ2n) is 8.74. The van der Waals surface area contributed by atoms with Gasteiger partial charge in [-0.25, -0.2) is 4.79 Å². The van der Waals surface area contributed by atoms with Gasteiger partial charge in [0.05, 0.1) is 11.4 Å². The summed E-state index contributed by atoms with van der Waals surface area (Å²) < 4.78 is 3.18. The van der Waals surface area contributed by atoms with E-state index in [9.17, 15) is 14.4 Å². The van der Waals surface area contributed by atoms with Crippen LogP contribution in [0.25, 0.3) is 5.69 Å². The third kappa shape index (κ3) is 4.93. The number of hydrogen-bond donors (Lipinski definition) is 2. The Balaban J connectivity index is 1.63. The number of nitrogens with one attached hydrogen (secondary N) is 1. The fourth-order valence-electron chi connectivity index (χ4n) is 4.06. The van der Waals surface area contributed by atoms with E-state index in [4.69, 9.17) is 5.73 Å². The quantitative estimate of drug-likeness (QED) is 0.369. The molecule has 11 heteroatoms. The van der Waals surface area contributed by atoms with Crippen molar-refractivity contribution in [3.63, 3.8) is 0 Å². The van der Waals surface area contributed by atoms with Crippen molar-refractivity contribution in [2.24, 2.45) is 5.92 Å². The van der Waals surface area contributed by atoms with Crippen LogP contribution in [-0.4, -0.2) is 48.9 Å². The fourth-order valence-corrected chi connectivity index (χ4v) is 4.88. The van der Waals surface area contributed by atoms with Gasteiger partial charge in [-0.1, -0.05) is 43.8 Å². The van der Waals surface area contributed by atoms with E-state index in [1.165, 1.54) is 22.7 Å². The number of Topliss-reactive ketones (excluding diaryl/α,β-unsaturated/α-hetero) is 1. The maximum Gasteiger partial charge on any atom is 0.329 e. The number of thioether (sulfide) groups is 1. The van der Waals surface area contributed by atoms with Crippen LogP contribution in [0.4, 0.5) is 11.8 Å². The molecule has 180 valence electrons. The number of aromatic amines is 1. The van der Waals surface area contributed by atoms with Gasteiger partial charge in [0, 0.05) is 19.6 Å². The number of hydrogen-bond acceptors (Lipinski definition) is 8. The smallest absolute Gasteiger partial charge is 0.329 e. The summed E-state index contributed by atoms with van der Waals surface area (Å²) in [7, 11) is 0. The molecule has 1 aliphatic rings. The summed E-state index contributed by atoms with van der Waals surface area (Å²) in [5.74, 6) is 0.206. The maximum atomic E-state index is 13.1.